The van der Waals surface area contributed by atoms with E-state index >= 15 is 0 Å². The molecule has 1 heterocycles. The largest absolute Gasteiger partial charge is 0.281 e. The van der Waals surface area contributed by atoms with Crippen LogP contribution < -0.4 is 0 Å². The first-order valence-corrected chi connectivity index (χ1v) is 3.24. The molecule has 0 radical (unpaired) electrons. The zero-order valence-corrected chi connectivity index (χ0v) is 7.23. The first-order valence-electron chi connectivity index (χ1n) is 2.86. The highest BCUT2D eigenvalue weighted by atomic mass is 35.5. The molecule has 0 fully saturated rings. The van der Waals surface area contributed by atoms with Crippen molar-refractivity contribution in [3.63, 3.8) is 0 Å². The summed E-state index contributed by atoms with van der Waals surface area (Å²) in [6, 6.07) is 3.59. The minimum Gasteiger partial charge on any atom is -0.281 e. The first kappa shape index (κ1) is 10.4. The molecule has 2 nitrogen and oxygen atoms in total. The second-order valence-corrected chi connectivity index (χ2v) is 2.31. The number of hydrogen-bond donors (Lipinski definition) is 0. The maximum atomic E-state index is 10.4. The molecule has 60 valence electrons. The van der Waals surface area contributed by atoms with E-state index in [2.05, 4.69) is 4.98 Å². The van der Waals surface area contributed by atoms with Gasteiger partial charge < -0.3 is 0 Å². The van der Waals surface area contributed by atoms with Crippen molar-refractivity contribution in [3.05, 3.63) is 30.1 Å². The predicted molar refractivity (Wildman–Crippen MR) is 46.0 cm³/mol. The van der Waals surface area contributed by atoms with Crippen LogP contribution in [0.15, 0.2) is 24.5 Å². The fraction of sp³-hybridized carbons (Fsp3) is 0.143. The molecule has 0 saturated heterocycles. The molecule has 0 spiro atoms. The van der Waals surface area contributed by atoms with E-state index < -0.39 is 0 Å². The van der Waals surface area contributed by atoms with Gasteiger partial charge in [-0.15, -0.1) is 12.4 Å². The summed E-state index contributed by atoms with van der Waals surface area (Å²) in [6.07, 6.45) is 3.54. The Kier molecular flexibility index (Phi) is 4.83. The first-order chi connectivity index (χ1) is 4.79. The highest BCUT2D eigenvalue weighted by Gasteiger charge is 1.96. The van der Waals surface area contributed by atoms with E-state index in [1.807, 2.05) is 6.07 Å². The van der Waals surface area contributed by atoms with Crippen molar-refractivity contribution >= 4 is 29.3 Å². The lowest BCUT2D eigenvalue weighted by Crippen LogP contribution is -1.92. The molecule has 0 saturated carbocycles. The van der Waals surface area contributed by atoms with Crippen molar-refractivity contribution in [2.45, 2.75) is 6.42 Å². The second kappa shape index (κ2) is 5.10. The lowest BCUT2D eigenvalue weighted by Gasteiger charge is -1.91. The standard InChI is InChI=1S/C7H6ClNO.ClH/c8-7(10)4-6-2-1-3-9-5-6;/h1-3,5H,4H2;1H. The smallest absolute Gasteiger partial charge is 0.226 e. The summed E-state index contributed by atoms with van der Waals surface area (Å²) in [5, 5.41) is -0.354. The summed E-state index contributed by atoms with van der Waals surface area (Å²) in [7, 11) is 0. The van der Waals surface area contributed by atoms with Gasteiger partial charge in [-0.25, -0.2) is 0 Å². The van der Waals surface area contributed by atoms with Crippen molar-refractivity contribution in [3.8, 4) is 0 Å². The predicted octanol–water partition coefficient (Wildman–Crippen LogP) is 1.81. The molecule has 4 heteroatoms. The number of hydrogen-bond acceptors (Lipinski definition) is 2. The van der Waals surface area contributed by atoms with Crippen LogP contribution in [-0.2, 0) is 11.2 Å². The zero-order chi connectivity index (χ0) is 7.40. The average molecular weight is 192 g/mol. The molecule has 0 atom stereocenters. The van der Waals surface area contributed by atoms with Crippen LogP contribution in [0.3, 0.4) is 0 Å². The second-order valence-electron chi connectivity index (χ2n) is 1.89. The zero-order valence-electron chi connectivity index (χ0n) is 5.66. The molecule has 1 rings (SSSR count). The van der Waals surface area contributed by atoms with Crippen molar-refractivity contribution in [1.29, 1.82) is 0 Å². The van der Waals surface area contributed by atoms with E-state index in [0.717, 1.165) is 5.56 Å². The summed E-state index contributed by atoms with van der Waals surface area (Å²) >= 11 is 5.15. The minimum absolute atomic E-state index is 0. The summed E-state index contributed by atoms with van der Waals surface area (Å²) in [4.78, 5) is 14.2. The number of aromatic nitrogens is 1. The van der Waals surface area contributed by atoms with Crippen LogP contribution in [0.5, 0.6) is 0 Å². The highest BCUT2D eigenvalue weighted by Crippen LogP contribution is 1.98. The Hall–Kier alpha value is -0.600. The molecule has 1 aromatic rings. The summed E-state index contributed by atoms with van der Waals surface area (Å²) < 4.78 is 0. The Morgan fingerprint density at radius 1 is 1.64 bits per heavy atom. The van der Waals surface area contributed by atoms with Crippen LogP contribution in [0.1, 0.15) is 5.56 Å². The van der Waals surface area contributed by atoms with Gasteiger partial charge in [0.2, 0.25) is 5.24 Å². The number of carbonyl (C=O) groups is 1. The van der Waals surface area contributed by atoms with Gasteiger partial charge >= 0.3 is 0 Å². The van der Waals surface area contributed by atoms with Crippen molar-refractivity contribution in [2.75, 3.05) is 0 Å². The fourth-order valence-corrected chi connectivity index (χ4v) is 0.817. The molecule has 11 heavy (non-hydrogen) atoms. The van der Waals surface area contributed by atoms with Crippen LogP contribution in [0.2, 0.25) is 0 Å². The number of pyridine rings is 1. The van der Waals surface area contributed by atoms with Crippen LogP contribution in [0.4, 0.5) is 0 Å². The SMILES string of the molecule is Cl.O=C(Cl)Cc1cccnc1. The molecule has 0 aliphatic rings. The summed E-state index contributed by atoms with van der Waals surface area (Å²) in [5.41, 5.74) is 0.850. The Morgan fingerprint density at radius 2 is 2.36 bits per heavy atom. The molecule has 0 aromatic carbocycles. The molecule has 0 bridgehead atoms. The fourth-order valence-electron chi connectivity index (χ4n) is 0.663. The third-order valence-corrected chi connectivity index (χ3v) is 1.20. The molecule has 0 unspecified atom stereocenters. The quantitative estimate of drug-likeness (QED) is 0.668. The monoisotopic (exact) mass is 191 g/mol. The Bertz CT molecular complexity index is 225. The maximum Gasteiger partial charge on any atom is 0.226 e. The van der Waals surface area contributed by atoms with E-state index in [9.17, 15) is 4.79 Å². The van der Waals surface area contributed by atoms with Gasteiger partial charge in [-0.2, -0.15) is 0 Å². The van der Waals surface area contributed by atoms with Crippen LogP contribution >= 0.6 is 24.0 Å². The van der Waals surface area contributed by atoms with Crippen LogP contribution in [0, 0.1) is 0 Å². The lowest BCUT2D eigenvalue weighted by atomic mass is 10.2. The van der Waals surface area contributed by atoms with Crippen molar-refractivity contribution in [1.82, 2.24) is 4.98 Å². The number of halogens is 2. The van der Waals surface area contributed by atoms with E-state index in [4.69, 9.17) is 11.6 Å². The van der Waals surface area contributed by atoms with Gasteiger partial charge in [0, 0.05) is 18.8 Å². The van der Waals surface area contributed by atoms with Gasteiger partial charge in [0.1, 0.15) is 0 Å². The van der Waals surface area contributed by atoms with Gasteiger partial charge in [-0.1, -0.05) is 6.07 Å². The molecule has 0 aliphatic heterocycles. The van der Waals surface area contributed by atoms with E-state index in [0.29, 0.717) is 0 Å². The third-order valence-electron chi connectivity index (χ3n) is 1.07. The topological polar surface area (TPSA) is 30.0 Å². The van der Waals surface area contributed by atoms with Gasteiger partial charge in [0.25, 0.3) is 0 Å². The van der Waals surface area contributed by atoms with Crippen molar-refractivity contribution < 1.29 is 4.79 Å². The molecule has 0 N–H and O–H groups in total. The normalized spacial score (nSPS) is 8.45. The average Bonchev–Trinajstić information content (AvgIpc) is 1.88. The highest BCUT2D eigenvalue weighted by molar-refractivity contribution is 6.63. The molecule has 1 aromatic heterocycles. The van der Waals surface area contributed by atoms with E-state index in [1.54, 1.807) is 18.5 Å². The number of nitrogens with zero attached hydrogens (tertiary/aromatic N) is 1. The van der Waals surface area contributed by atoms with Gasteiger partial charge in [0.05, 0.1) is 0 Å². The lowest BCUT2D eigenvalue weighted by molar-refractivity contribution is -0.111. The van der Waals surface area contributed by atoms with Crippen molar-refractivity contribution in [2.24, 2.45) is 0 Å². The minimum atomic E-state index is -0.354. The molecular formula is C7H7Cl2NO. The third kappa shape index (κ3) is 3.96. The van der Waals surface area contributed by atoms with Gasteiger partial charge in [-0.3, -0.25) is 9.78 Å². The van der Waals surface area contributed by atoms with E-state index in [-0.39, 0.29) is 24.1 Å². The Morgan fingerprint density at radius 3 is 2.82 bits per heavy atom. The molecule has 0 aliphatic carbocycles. The number of carbonyl (C=O) groups excluding carboxylic acids is 1. The van der Waals surface area contributed by atoms with Crippen LogP contribution in [-0.4, -0.2) is 10.2 Å². The van der Waals surface area contributed by atoms with Crippen LogP contribution in [0.25, 0.3) is 0 Å². The Balaban J connectivity index is 0.000001000. The molecular weight excluding hydrogens is 185 g/mol. The van der Waals surface area contributed by atoms with Gasteiger partial charge in [0.15, 0.2) is 0 Å². The maximum absolute atomic E-state index is 10.4. The molecule has 0 amide bonds. The Labute approximate surface area is 76.0 Å². The summed E-state index contributed by atoms with van der Waals surface area (Å²) in [6.45, 7) is 0. The van der Waals surface area contributed by atoms with E-state index in [1.165, 1.54) is 0 Å². The summed E-state index contributed by atoms with van der Waals surface area (Å²) in [5.74, 6) is 0. The number of rotatable bonds is 2. The van der Waals surface area contributed by atoms with Gasteiger partial charge in [-0.05, 0) is 23.2 Å².